The zero-order valence-corrected chi connectivity index (χ0v) is 15.8. The SMILES string of the molecule is C/C=C/C=C/C(=O)Nc1cc(OCC)c(N2CCOCC2)cc1OCC. The Morgan fingerprint density at radius 1 is 1.15 bits per heavy atom. The van der Waals surface area contributed by atoms with Crippen LogP contribution in [-0.2, 0) is 9.53 Å². The molecule has 1 aromatic carbocycles. The van der Waals surface area contributed by atoms with Gasteiger partial charge in [0.05, 0.1) is 37.8 Å². The van der Waals surface area contributed by atoms with E-state index in [-0.39, 0.29) is 5.91 Å². The molecule has 0 bridgehead atoms. The molecule has 142 valence electrons. The van der Waals surface area contributed by atoms with Crippen molar-refractivity contribution in [2.75, 3.05) is 49.7 Å². The predicted octanol–water partition coefficient (Wildman–Crippen LogP) is 3.39. The van der Waals surface area contributed by atoms with Gasteiger partial charge in [0.25, 0.3) is 0 Å². The zero-order chi connectivity index (χ0) is 18.8. The molecule has 26 heavy (non-hydrogen) atoms. The first-order chi connectivity index (χ1) is 12.7. The lowest BCUT2D eigenvalue weighted by Crippen LogP contribution is -2.36. The van der Waals surface area contributed by atoms with Crippen molar-refractivity contribution in [1.29, 1.82) is 0 Å². The van der Waals surface area contributed by atoms with Crippen molar-refractivity contribution in [2.45, 2.75) is 20.8 Å². The number of rotatable bonds is 8. The number of nitrogens with one attached hydrogen (secondary N) is 1. The highest BCUT2D eigenvalue weighted by atomic mass is 16.5. The summed E-state index contributed by atoms with van der Waals surface area (Å²) in [6.07, 6.45) is 6.84. The number of hydrogen-bond donors (Lipinski definition) is 1. The number of amides is 1. The van der Waals surface area contributed by atoms with Gasteiger partial charge in [0.2, 0.25) is 5.91 Å². The fourth-order valence-corrected chi connectivity index (χ4v) is 2.67. The maximum absolute atomic E-state index is 12.1. The lowest BCUT2D eigenvalue weighted by molar-refractivity contribution is -0.111. The van der Waals surface area contributed by atoms with Crippen molar-refractivity contribution in [3.8, 4) is 11.5 Å². The third-order valence-corrected chi connectivity index (χ3v) is 3.82. The van der Waals surface area contributed by atoms with Crippen LogP contribution in [0.3, 0.4) is 0 Å². The molecular formula is C20H28N2O4. The van der Waals surface area contributed by atoms with E-state index >= 15 is 0 Å². The van der Waals surface area contributed by atoms with Crippen LogP contribution in [0.25, 0.3) is 0 Å². The van der Waals surface area contributed by atoms with Crippen LogP contribution in [0.4, 0.5) is 11.4 Å². The van der Waals surface area contributed by atoms with E-state index in [1.54, 1.807) is 12.2 Å². The molecule has 0 spiro atoms. The van der Waals surface area contributed by atoms with Crippen molar-refractivity contribution in [1.82, 2.24) is 0 Å². The number of hydrogen-bond acceptors (Lipinski definition) is 5. The Kier molecular flexibility index (Phi) is 8.02. The van der Waals surface area contributed by atoms with Gasteiger partial charge in [-0.2, -0.15) is 0 Å². The van der Waals surface area contributed by atoms with Crippen molar-refractivity contribution < 1.29 is 19.0 Å². The standard InChI is InChI=1S/C20H28N2O4/c1-4-7-8-9-20(23)21-16-14-19(26-6-3)17(15-18(16)25-5-2)22-10-12-24-13-11-22/h4,7-9,14-15H,5-6,10-13H2,1-3H3,(H,21,23)/b7-4+,9-8+. The highest BCUT2D eigenvalue weighted by Crippen LogP contribution is 2.39. The summed E-state index contributed by atoms with van der Waals surface area (Å²) in [6, 6.07) is 3.77. The quantitative estimate of drug-likeness (QED) is 0.569. The molecule has 0 aliphatic carbocycles. The molecule has 1 saturated heterocycles. The third kappa shape index (κ3) is 5.52. The van der Waals surface area contributed by atoms with Crippen LogP contribution >= 0.6 is 0 Å². The number of carbonyl (C=O) groups is 1. The largest absolute Gasteiger partial charge is 0.492 e. The first kappa shape index (κ1) is 19.8. The van der Waals surface area contributed by atoms with E-state index in [1.807, 2.05) is 39.0 Å². The number of nitrogens with zero attached hydrogens (tertiary/aromatic N) is 1. The van der Waals surface area contributed by atoms with Gasteiger partial charge < -0.3 is 24.4 Å². The van der Waals surface area contributed by atoms with Gasteiger partial charge >= 0.3 is 0 Å². The van der Waals surface area contributed by atoms with Crippen molar-refractivity contribution in [2.24, 2.45) is 0 Å². The molecule has 1 aromatic rings. The number of benzene rings is 1. The maximum atomic E-state index is 12.1. The molecule has 1 aliphatic rings. The van der Waals surface area contributed by atoms with Crippen LogP contribution < -0.4 is 19.7 Å². The smallest absolute Gasteiger partial charge is 0.248 e. The summed E-state index contributed by atoms with van der Waals surface area (Å²) >= 11 is 0. The summed E-state index contributed by atoms with van der Waals surface area (Å²) < 4.78 is 17.0. The minimum Gasteiger partial charge on any atom is -0.492 e. The van der Waals surface area contributed by atoms with E-state index in [0.717, 1.165) is 24.5 Å². The summed E-state index contributed by atoms with van der Waals surface area (Å²) in [5, 5.41) is 2.88. The molecule has 6 nitrogen and oxygen atoms in total. The predicted molar refractivity (Wildman–Crippen MR) is 104 cm³/mol. The Morgan fingerprint density at radius 3 is 2.50 bits per heavy atom. The minimum absolute atomic E-state index is 0.217. The lowest BCUT2D eigenvalue weighted by Gasteiger charge is -2.31. The van der Waals surface area contributed by atoms with Crippen LogP contribution in [0.15, 0.2) is 36.4 Å². The Hall–Kier alpha value is -2.47. The fraction of sp³-hybridized carbons (Fsp3) is 0.450. The van der Waals surface area contributed by atoms with Gasteiger partial charge in [-0.25, -0.2) is 0 Å². The van der Waals surface area contributed by atoms with Crippen LogP contribution in [0, 0.1) is 0 Å². The van der Waals surface area contributed by atoms with E-state index < -0.39 is 0 Å². The molecule has 0 aromatic heterocycles. The number of allylic oxidation sites excluding steroid dienone is 3. The van der Waals surface area contributed by atoms with Gasteiger partial charge in [-0.05, 0) is 20.8 Å². The molecule has 2 rings (SSSR count). The molecule has 0 saturated carbocycles. The summed E-state index contributed by atoms with van der Waals surface area (Å²) in [5.41, 5.74) is 1.56. The lowest BCUT2D eigenvalue weighted by atomic mass is 10.2. The summed E-state index contributed by atoms with van der Waals surface area (Å²) in [6.45, 7) is 9.77. The molecule has 1 heterocycles. The molecule has 1 N–H and O–H groups in total. The molecule has 1 amide bonds. The second-order valence-electron chi connectivity index (χ2n) is 5.66. The monoisotopic (exact) mass is 360 g/mol. The topological polar surface area (TPSA) is 60.0 Å². The summed E-state index contributed by atoms with van der Waals surface area (Å²) in [4.78, 5) is 14.4. The van der Waals surface area contributed by atoms with Gasteiger partial charge in [0.15, 0.2) is 0 Å². The first-order valence-corrected chi connectivity index (χ1v) is 9.06. The molecule has 0 atom stereocenters. The van der Waals surface area contributed by atoms with Crippen molar-refractivity contribution in [3.05, 3.63) is 36.4 Å². The van der Waals surface area contributed by atoms with Gasteiger partial charge in [-0.3, -0.25) is 4.79 Å². The van der Waals surface area contributed by atoms with Crippen LogP contribution in [0.2, 0.25) is 0 Å². The first-order valence-electron chi connectivity index (χ1n) is 9.06. The van der Waals surface area contributed by atoms with Crippen LogP contribution in [-0.4, -0.2) is 45.4 Å². The van der Waals surface area contributed by atoms with E-state index in [1.165, 1.54) is 6.08 Å². The molecule has 0 radical (unpaired) electrons. The normalized spacial score (nSPS) is 14.8. The second-order valence-corrected chi connectivity index (χ2v) is 5.66. The molecular weight excluding hydrogens is 332 g/mol. The summed E-state index contributed by atoms with van der Waals surface area (Å²) in [7, 11) is 0. The van der Waals surface area contributed by atoms with Crippen LogP contribution in [0.5, 0.6) is 11.5 Å². The Balaban J connectivity index is 2.33. The van der Waals surface area contributed by atoms with E-state index in [9.17, 15) is 4.79 Å². The highest BCUT2D eigenvalue weighted by molar-refractivity contribution is 6.01. The maximum Gasteiger partial charge on any atom is 0.248 e. The van der Waals surface area contributed by atoms with Crippen molar-refractivity contribution in [3.63, 3.8) is 0 Å². The van der Waals surface area contributed by atoms with E-state index in [2.05, 4.69) is 10.2 Å². The highest BCUT2D eigenvalue weighted by Gasteiger charge is 2.20. The number of anilines is 2. The fourth-order valence-electron chi connectivity index (χ4n) is 2.67. The van der Waals surface area contributed by atoms with Gasteiger partial charge in [-0.15, -0.1) is 0 Å². The van der Waals surface area contributed by atoms with Gasteiger partial charge in [-0.1, -0.05) is 18.2 Å². The summed E-state index contributed by atoms with van der Waals surface area (Å²) in [5.74, 6) is 1.14. The molecule has 0 unspecified atom stereocenters. The van der Waals surface area contributed by atoms with E-state index in [0.29, 0.717) is 37.9 Å². The number of ether oxygens (including phenoxy) is 3. The number of morpholine rings is 1. The molecule has 1 aliphatic heterocycles. The molecule has 6 heteroatoms. The number of carbonyl (C=O) groups excluding carboxylic acids is 1. The van der Waals surface area contributed by atoms with Gasteiger partial charge in [0.1, 0.15) is 11.5 Å². The minimum atomic E-state index is -0.217. The zero-order valence-electron chi connectivity index (χ0n) is 15.8. The Morgan fingerprint density at radius 2 is 1.85 bits per heavy atom. The van der Waals surface area contributed by atoms with Gasteiger partial charge in [0, 0.05) is 31.3 Å². The van der Waals surface area contributed by atoms with Crippen LogP contribution in [0.1, 0.15) is 20.8 Å². The Bertz CT molecular complexity index is 649. The second kappa shape index (κ2) is 10.5. The Labute approximate surface area is 155 Å². The average molecular weight is 360 g/mol. The average Bonchev–Trinajstić information content (AvgIpc) is 2.65. The van der Waals surface area contributed by atoms with Crippen molar-refractivity contribution >= 4 is 17.3 Å². The third-order valence-electron chi connectivity index (χ3n) is 3.82. The molecule has 1 fully saturated rings. The van der Waals surface area contributed by atoms with E-state index in [4.69, 9.17) is 14.2 Å².